The number of aliphatic hydroxyl groups is 1. The van der Waals surface area contributed by atoms with Gasteiger partial charge >= 0.3 is 0 Å². The van der Waals surface area contributed by atoms with Crippen molar-refractivity contribution in [2.45, 2.75) is 44.1 Å². The summed E-state index contributed by atoms with van der Waals surface area (Å²) in [5, 5.41) is 10.4. The molecule has 0 radical (unpaired) electrons. The molecule has 1 N–H and O–H groups in total. The molecule has 1 fully saturated rings. The second kappa shape index (κ2) is 7.09. The molecule has 0 unspecified atom stereocenters. The molecule has 0 aliphatic carbocycles. The lowest BCUT2D eigenvalue weighted by atomic mass is 10.0. The molecule has 0 spiro atoms. The van der Waals surface area contributed by atoms with Crippen LogP contribution in [0.15, 0.2) is 18.2 Å². The van der Waals surface area contributed by atoms with Crippen molar-refractivity contribution in [3.05, 3.63) is 29.3 Å². The van der Waals surface area contributed by atoms with E-state index in [-0.39, 0.29) is 12.0 Å². The number of ether oxygens (including phenoxy) is 3. The lowest BCUT2D eigenvalue weighted by molar-refractivity contribution is -0.157. The lowest BCUT2D eigenvalue weighted by Crippen LogP contribution is -2.57. The van der Waals surface area contributed by atoms with Gasteiger partial charge in [-0.25, -0.2) is 0 Å². The normalized spacial score (nSPS) is 29.0. The number of methoxy groups -OCH3 is 1. The quantitative estimate of drug-likeness (QED) is 0.881. The van der Waals surface area contributed by atoms with Crippen molar-refractivity contribution in [3.8, 4) is 5.75 Å². The minimum atomic E-state index is -0.744. The number of hydrogen-bond acceptors (Lipinski definition) is 5. The van der Waals surface area contributed by atoms with Gasteiger partial charge in [0.25, 0.3) is 0 Å². The molecule has 6 heteroatoms. The van der Waals surface area contributed by atoms with Crippen molar-refractivity contribution in [2.75, 3.05) is 27.4 Å². The monoisotopic (exact) mass is 335 g/mol. The van der Waals surface area contributed by atoms with Gasteiger partial charge in [-0.15, -0.1) is 0 Å². The molecule has 0 bridgehead atoms. The minimum absolute atomic E-state index is 0.0497. The predicted octanol–water partition coefficient (Wildman–Crippen LogP) is 0.786. The van der Waals surface area contributed by atoms with Gasteiger partial charge in [-0.1, -0.05) is 12.1 Å². The van der Waals surface area contributed by atoms with Crippen molar-refractivity contribution >= 4 is 5.91 Å². The van der Waals surface area contributed by atoms with Crippen molar-refractivity contribution in [2.24, 2.45) is 0 Å². The standard InChI is InChI=1S/C18H25NO5/c1-11-6-13-7-12(4-5-15(13)24-11)8-17(20)19(2)14-9-23-10-16(22-3)18(14)21/h4-5,7,11,14,16,18,21H,6,8-10H2,1-3H3/t11-,14-,16-,18+/m1/s1. The summed E-state index contributed by atoms with van der Waals surface area (Å²) in [4.78, 5) is 14.2. The SMILES string of the molecule is CO[C@@H]1COC[C@@H](N(C)C(=O)Cc2ccc3c(c2)C[C@@H](C)O3)[C@@H]1O. The molecule has 0 aromatic heterocycles. The van der Waals surface area contributed by atoms with Gasteiger partial charge in [0.15, 0.2) is 0 Å². The zero-order chi connectivity index (χ0) is 17.3. The number of fused-ring (bicyclic) bond motifs is 1. The first-order valence-electron chi connectivity index (χ1n) is 8.32. The van der Waals surface area contributed by atoms with Gasteiger partial charge in [-0.3, -0.25) is 4.79 Å². The summed E-state index contributed by atoms with van der Waals surface area (Å²) in [6.45, 7) is 2.70. The highest BCUT2D eigenvalue weighted by Crippen LogP contribution is 2.29. The Morgan fingerprint density at radius 1 is 1.42 bits per heavy atom. The van der Waals surface area contributed by atoms with E-state index in [1.54, 1.807) is 11.9 Å². The van der Waals surface area contributed by atoms with E-state index >= 15 is 0 Å². The maximum atomic E-state index is 12.6. The average Bonchev–Trinajstić information content (AvgIpc) is 2.93. The highest BCUT2D eigenvalue weighted by Gasteiger charge is 2.36. The van der Waals surface area contributed by atoms with Gasteiger partial charge in [0.05, 0.1) is 25.7 Å². The summed E-state index contributed by atoms with van der Waals surface area (Å²) < 4.78 is 16.4. The Bertz CT molecular complexity index is 605. The van der Waals surface area contributed by atoms with Crippen LogP contribution in [-0.4, -0.2) is 67.6 Å². The third-order valence-electron chi connectivity index (χ3n) is 4.86. The van der Waals surface area contributed by atoms with E-state index in [0.29, 0.717) is 19.6 Å². The topological polar surface area (TPSA) is 68.2 Å². The van der Waals surface area contributed by atoms with Crippen molar-refractivity contribution in [1.29, 1.82) is 0 Å². The first kappa shape index (κ1) is 17.2. The number of hydrogen-bond donors (Lipinski definition) is 1. The number of carbonyl (C=O) groups excluding carboxylic acids is 1. The molecule has 4 atom stereocenters. The van der Waals surface area contributed by atoms with Gasteiger partial charge in [-0.05, 0) is 24.1 Å². The molecule has 2 aliphatic heterocycles. The van der Waals surface area contributed by atoms with Crippen molar-refractivity contribution < 1.29 is 24.1 Å². The number of carbonyl (C=O) groups is 1. The lowest BCUT2D eigenvalue weighted by Gasteiger charge is -2.38. The van der Waals surface area contributed by atoms with E-state index < -0.39 is 18.2 Å². The Kier molecular flexibility index (Phi) is 5.08. The van der Waals surface area contributed by atoms with Crippen LogP contribution in [-0.2, 0) is 27.1 Å². The number of aliphatic hydroxyl groups excluding tert-OH is 1. The van der Waals surface area contributed by atoms with Crippen LogP contribution in [0, 0.1) is 0 Å². The molecule has 1 saturated heterocycles. The molecule has 24 heavy (non-hydrogen) atoms. The maximum absolute atomic E-state index is 12.6. The van der Waals surface area contributed by atoms with Gasteiger partial charge in [0.2, 0.25) is 5.91 Å². The summed E-state index contributed by atoms with van der Waals surface area (Å²) in [6.07, 6.45) is 0.204. The zero-order valence-corrected chi connectivity index (χ0v) is 14.4. The smallest absolute Gasteiger partial charge is 0.227 e. The van der Waals surface area contributed by atoms with E-state index in [9.17, 15) is 9.90 Å². The molecule has 1 aromatic carbocycles. The Balaban J connectivity index is 1.65. The van der Waals surface area contributed by atoms with Crippen LogP contribution >= 0.6 is 0 Å². The summed E-state index contributed by atoms with van der Waals surface area (Å²) in [6, 6.07) is 5.50. The number of benzene rings is 1. The number of amides is 1. The molecular weight excluding hydrogens is 310 g/mol. The van der Waals surface area contributed by atoms with Gasteiger partial charge in [0, 0.05) is 20.6 Å². The van der Waals surface area contributed by atoms with Crippen LogP contribution < -0.4 is 4.74 Å². The molecule has 1 amide bonds. The van der Waals surface area contributed by atoms with Crippen LogP contribution in [0.2, 0.25) is 0 Å². The average molecular weight is 335 g/mol. The Morgan fingerprint density at radius 2 is 2.21 bits per heavy atom. The number of likely N-dealkylation sites (N-methyl/N-ethyl adjacent to an activating group) is 1. The largest absolute Gasteiger partial charge is 0.490 e. The summed E-state index contributed by atoms with van der Waals surface area (Å²) >= 11 is 0. The van der Waals surface area contributed by atoms with E-state index in [4.69, 9.17) is 14.2 Å². The van der Waals surface area contributed by atoms with Gasteiger partial charge in [-0.2, -0.15) is 0 Å². The summed E-state index contributed by atoms with van der Waals surface area (Å²) in [7, 11) is 3.24. The van der Waals surface area contributed by atoms with E-state index in [0.717, 1.165) is 23.3 Å². The van der Waals surface area contributed by atoms with E-state index in [1.165, 1.54) is 7.11 Å². The minimum Gasteiger partial charge on any atom is -0.490 e. The van der Waals surface area contributed by atoms with Crippen LogP contribution in [0.3, 0.4) is 0 Å². The molecule has 0 saturated carbocycles. The Morgan fingerprint density at radius 3 is 2.96 bits per heavy atom. The highest BCUT2D eigenvalue weighted by molar-refractivity contribution is 5.79. The van der Waals surface area contributed by atoms with E-state index in [1.807, 2.05) is 25.1 Å². The fraction of sp³-hybridized carbons (Fsp3) is 0.611. The third-order valence-corrected chi connectivity index (χ3v) is 4.86. The molecule has 132 valence electrons. The maximum Gasteiger partial charge on any atom is 0.227 e. The van der Waals surface area contributed by atoms with E-state index in [2.05, 4.69) is 0 Å². The zero-order valence-electron chi connectivity index (χ0n) is 14.4. The number of rotatable bonds is 4. The van der Waals surface area contributed by atoms with Crippen LogP contribution in [0.25, 0.3) is 0 Å². The molecule has 1 aromatic rings. The molecule has 6 nitrogen and oxygen atoms in total. The summed E-state index contributed by atoms with van der Waals surface area (Å²) in [5.74, 6) is 0.859. The Hall–Kier alpha value is -1.63. The first-order chi connectivity index (χ1) is 11.5. The van der Waals surface area contributed by atoms with Crippen molar-refractivity contribution in [1.82, 2.24) is 4.90 Å². The Labute approximate surface area is 142 Å². The van der Waals surface area contributed by atoms with Gasteiger partial charge < -0.3 is 24.2 Å². The van der Waals surface area contributed by atoms with Crippen molar-refractivity contribution in [3.63, 3.8) is 0 Å². The third kappa shape index (κ3) is 3.41. The first-order valence-corrected chi connectivity index (χ1v) is 8.32. The highest BCUT2D eigenvalue weighted by atomic mass is 16.5. The number of nitrogens with zero attached hydrogens (tertiary/aromatic N) is 1. The van der Waals surface area contributed by atoms with Crippen LogP contribution in [0.5, 0.6) is 5.75 Å². The van der Waals surface area contributed by atoms with Gasteiger partial charge in [0.1, 0.15) is 24.1 Å². The fourth-order valence-electron chi connectivity index (χ4n) is 3.37. The van der Waals surface area contributed by atoms with Crippen LogP contribution in [0.4, 0.5) is 0 Å². The molecule has 2 aliphatic rings. The predicted molar refractivity (Wildman–Crippen MR) is 88.1 cm³/mol. The fourth-order valence-corrected chi connectivity index (χ4v) is 3.37. The second-order valence-electron chi connectivity index (χ2n) is 6.63. The van der Waals surface area contributed by atoms with Crippen LogP contribution in [0.1, 0.15) is 18.1 Å². The second-order valence-corrected chi connectivity index (χ2v) is 6.63. The summed E-state index contributed by atoms with van der Waals surface area (Å²) in [5.41, 5.74) is 2.11. The molecule has 2 heterocycles. The molecule has 3 rings (SSSR count). The molecular formula is C18H25NO5.